The fraction of sp³-hybridized carbons (Fsp3) is 0.680. The first-order valence-corrected chi connectivity index (χ1v) is 11.8. The maximum absolute atomic E-state index is 12.9. The lowest BCUT2D eigenvalue weighted by Crippen LogP contribution is -2.50. The second-order valence-corrected chi connectivity index (χ2v) is 10.4. The van der Waals surface area contributed by atoms with Crippen LogP contribution in [-0.4, -0.2) is 42.5 Å². The first-order valence-electron chi connectivity index (χ1n) is 11.8. The van der Waals surface area contributed by atoms with Crippen LogP contribution in [0.4, 0.5) is 0 Å². The van der Waals surface area contributed by atoms with Crippen LogP contribution in [0.3, 0.4) is 0 Å². The van der Waals surface area contributed by atoms with Gasteiger partial charge in [0.25, 0.3) is 5.91 Å². The zero-order valence-corrected chi connectivity index (χ0v) is 17.9. The lowest BCUT2D eigenvalue weighted by atomic mass is 9.49. The molecule has 4 bridgehead atoms. The van der Waals surface area contributed by atoms with Gasteiger partial charge in [-0.25, -0.2) is 0 Å². The molecular formula is C25H34N2O3. The van der Waals surface area contributed by atoms with E-state index in [1.165, 1.54) is 38.5 Å². The molecule has 1 N–H and O–H groups in total. The maximum atomic E-state index is 12.9. The average molecular weight is 411 g/mol. The van der Waals surface area contributed by atoms with Gasteiger partial charge < -0.3 is 15.0 Å². The molecule has 1 aromatic carbocycles. The van der Waals surface area contributed by atoms with E-state index in [0.717, 1.165) is 42.8 Å². The van der Waals surface area contributed by atoms with E-state index in [9.17, 15) is 9.59 Å². The van der Waals surface area contributed by atoms with E-state index in [0.29, 0.717) is 18.5 Å². The zero-order chi connectivity index (χ0) is 20.6. The summed E-state index contributed by atoms with van der Waals surface area (Å²) in [6, 6.07) is 9.65. The molecule has 1 saturated heterocycles. The Morgan fingerprint density at radius 3 is 2.17 bits per heavy atom. The number of hydrogen-bond donors (Lipinski definition) is 1. The summed E-state index contributed by atoms with van der Waals surface area (Å²) in [5.41, 5.74) is 0.296. The largest absolute Gasteiger partial charge is 0.484 e. The fourth-order valence-corrected chi connectivity index (χ4v) is 7.15. The van der Waals surface area contributed by atoms with Crippen LogP contribution < -0.4 is 10.1 Å². The van der Waals surface area contributed by atoms with Gasteiger partial charge in [0.15, 0.2) is 6.61 Å². The normalized spacial score (nSPS) is 32.8. The molecule has 5 heteroatoms. The summed E-state index contributed by atoms with van der Waals surface area (Å²) in [7, 11) is 0. The molecule has 30 heavy (non-hydrogen) atoms. The van der Waals surface area contributed by atoms with Crippen molar-refractivity contribution in [2.24, 2.45) is 23.2 Å². The van der Waals surface area contributed by atoms with E-state index >= 15 is 0 Å². The number of benzene rings is 1. The van der Waals surface area contributed by atoms with E-state index in [1.807, 2.05) is 35.2 Å². The molecule has 0 unspecified atom stereocenters. The van der Waals surface area contributed by atoms with Crippen molar-refractivity contribution in [2.45, 2.75) is 63.8 Å². The quantitative estimate of drug-likeness (QED) is 0.776. The van der Waals surface area contributed by atoms with Crippen molar-refractivity contribution in [3.63, 3.8) is 0 Å². The van der Waals surface area contributed by atoms with Crippen LogP contribution >= 0.6 is 0 Å². The Hall–Kier alpha value is -2.04. The van der Waals surface area contributed by atoms with Gasteiger partial charge in [-0.15, -0.1) is 0 Å². The number of nitrogens with one attached hydrogen (secondary N) is 1. The molecule has 5 fully saturated rings. The molecule has 1 aromatic rings. The number of carbonyl (C=O) groups excluding carboxylic acids is 2. The number of amides is 2. The maximum Gasteiger partial charge on any atom is 0.260 e. The summed E-state index contributed by atoms with van der Waals surface area (Å²) < 4.78 is 5.59. The molecule has 0 spiro atoms. The van der Waals surface area contributed by atoms with Gasteiger partial charge in [0.1, 0.15) is 5.75 Å². The van der Waals surface area contributed by atoms with Gasteiger partial charge in [-0.3, -0.25) is 9.59 Å². The minimum Gasteiger partial charge on any atom is -0.484 e. The standard InChI is InChI=1S/C25H34N2O3/c28-23(16-25-13-18-10-19(14-25)12-20(11-18)15-25)26-21-6-8-27(9-7-21)24(29)17-30-22-4-2-1-3-5-22/h1-5,18-21H,6-17H2,(H,26,28). The Balaban J connectivity index is 1.06. The lowest BCUT2D eigenvalue weighted by Gasteiger charge is -2.56. The van der Waals surface area contributed by atoms with Crippen molar-refractivity contribution >= 4 is 11.8 Å². The second-order valence-electron chi connectivity index (χ2n) is 10.4. The van der Waals surface area contributed by atoms with Gasteiger partial charge in [-0.2, -0.15) is 0 Å². The third-order valence-corrected chi connectivity index (χ3v) is 8.02. The molecule has 0 aromatic heterocycles. The molecule has 4 saturated carbocycles. The first-order chi connectivity index (χ1) is 14.6. The zero-order valence-electron chi connectivity index (χ0n) is 17.9. The van der Waals surface area contributed by atoms with Crippen molar-refractivity contribution in [2.75, 3.05) is 19.7 Å². The van der Waals surface area contributed by atoms with E-state index in [1.54, 1.807) is 0 Å². The molecule has 6 rings (SSSR count). The number of ether oxygens (including phenoxy) is 1. The molecule has 5 aliphatic rings. The lowest BCUT2D eigenvalue weighted by molar-refractivity contribution is -0.134. The van der Waals surface area contributed by atoms with Crippen molar-refractivity contribution in [1.82, 2.24) is 10.2 Å². The van der Waals surface area contributed by atoms with Crippen LogP contribution in [0.25, 0.3) is 0 Å². The highest BCUT2D eigenvalue weighted by molar-refractivity contribution is 5.78. The summed E-state index contributed by atoms with van der Waals surface area (Å²) in [4.78, 5) is 27.2. The fourth-order valence-electron chi connectivity index (χ4n) is 7.15. The van der Waals surface area contributed by atoms with Gasteiger partial charge >= 0.3 is 0 Å². The molecule has 4 aliphatic carbocycles. The van der Waals surface area contributed by atoms with Crippen LogP contribution in [0.15, 0.2) is 30.3 Å². The summed E-state index contributed by atoms with van der Waals surface area (Å²) in [6.45, 7) is 1.46. The predicted molar refractivity (Wildman–Crippen MR) is 115 cm³/mol. The molecule has 5 nitrogen and oxygen atoms in total. The molecule has 0 atom stereocenters. The van der Waals surface area contributed by atoms with Crippen molar-refractivity contribution in [3.05, 3.63) is 30.3 Å². The number of hydrogen-bond acceptors (Lipinski definition) is 3. The van der Waals surface area contributed by atoms with Crippen molar-refractivity contribution in [3.8, 4) is 5.75 Å². The molecule has 162 valence electrons. The number of likely N-dealkylation sites (tertiary alicyclic amines) is 1. The van der Waals surface area contributed by atoms with Gasteiger partial charge in [0.05, 0.1) is 0 Å². The molecule has 1 aliphatic heterocycles. The highest BCUT2D eigenvalue weighted by Crippen LogP contribution is 2.61. The minimum atomic E-state index is 0.0252. The number of nitrogens with zero attached hydrogens (tertiary/aromatic N) is 1. The predicted octanol–water partition coefficient (Wildman–Crippen LogP) is 3.78. The summed E-state index contributed by atoms with van der Waals surface area (Å²) in [6.07, 6.45) is 10.5. The van der Waals surface area contributed by atoms with Crippen LogP contribution in [0.5, 0.6) is 5.75 Å². The minimum absolute atomic E-state index is 0.0252. The van der Waals surface area contributed by atoms with Crippen molar-refractivity contribution in [1.29, 1.82) is 0 Å². The Kier molecular flexibility index (Phi) is 5.46. The molecule has 1 heterocycles. The summed E-state index contributed by atoms with van der Waals surface area (Å²) >= 11 is 0. The van der Waals surface area contributed by atoms with E-state index < -0.39 is 0 Å². The highest BCUT2D eigenvalue weighted by Gasteiger charge is 2.51. The Labute approximate surface area is 179 Å². The van der Waals surface area contributed by atoms with Crippen LogP contribution in [0.2, 0.25) is 0 Å². The summed E-state index contributed by atoms with van der Waals surface area (Å²) in [5.74, 6) is 3.65. The highest BCUT2D eigenvalue weighted by atomic mass is 16.5. The van der Waals surface area contributed by atoms with Crippen LogP contribution in [-0.2, 0) is 9.59 Å². The van der Waals surface area contributed by atoms with E-state index in [-0.39, 0.29) is 24.5 Å². The van der Waals surface area contributed by atoms with Crippen LogP contribution in [0, 0.1) is 23.2 Å². The number of carbonyl (C=O) groups is 2. The summed E-state index contributed by atoms with van der Waals surface area (Å²) in [5, 5.41) is 3.30. The average Bonchev–Trinajstić information content (AvgIpc) is 2.72. The van der Waals surface area contributed by atoms with Gasteiger partial charge in [-0.1, -0.05) is 18.2 Å². The second kappa shape index (κ2) is 8.24. The number of para-hydroxylation sites is 1. The SMILES string of the molecule is O=C(CC12CC3CC(CC(C3)C1)C2)NC1CCN(C(=O)COc2ccccc2)CC1. The Morgan fingerprint density at radius 1 is 0.967 bits per heavy atom. The Bertz CT molecular complexity index is 735. The van der Waals surface area contributed by atoms with E-state index in [4.69, 9.17) is 4.74 Å². The monoisotopic (exact) mass is 410 g/mol. The molecule has 0 radical (unpaired) electrons. The molecule has 2 amide bonds. The van der Waals surface area contributed by atoms with Crippen molar-refractivity contribution < 1.29 is 14.3 Å². The van der Waals surface area contributed by atoms with Gasteiger partial charge in [-0.05, 0) is 86.7 Å². The van der Waals surface area contributed by atoms with Gasteiger partial charge in [0.2, 0.25) is 5.91 Å². The molecular weight excluding hydrogens is 376 g/mol. The number of piperidine rings is 1. The van der Waals surface area contributed by atoms with Crippen LogP contribution in [0.1, 0.15) is 57.8 Å². The number of rotatable bonds is 6. The topological polar surface area (TPSA) is 58.6 Å². The Morgan fingerprint density at radius 2 is 1.57 bits per heavy atom. The first kappa shape index (κ1) is 19.9. The van der Waals surface area contributed by atoms with E-state index in [2.05, 4.69) is 5.32 Å². The smallest absolute Gasteiger partial charge is 0.260 e. The third kappa shape index (κ3) is 4.35. The third-order valence-electron chi connectivity index (χ3n) is 8.02. The van der Waals surface area contributed by atoms with Gasteiger partial charge in [0, 0.05) is 25.6 Å².